The predicted molar refractivity (Wildman–Crippen MR) is 84.1 cm³/mol. The number of nitrogens with zero attached hydrogens (tertiary/aromatic N) is 2. The van der Waals surface area contributed by atoms with E-state index in [0.717, 1.165) is 36.4 Å². The van der Waals surface area contributed by atoms with Crippen molar-refractivity contribution in [3.05, 3.63) is 18.2 Å². The zero-order valence-electron chi connectivity index (χ0n) is 12.5. The van der Waals surface area contributed by atoms with Gasteiger partial charge in [0.1, 0.15) is 0 Å². The van der Waals surface area contributed by atoms with Crippen molar-refractivity contribution in [2.75, 3.05) is 25.1 Å². The van der Waals surface area contributed by atoms with Gasteiger partial charge in [0, 0.05) is 36.6 Å². The molecule has 6 heteroatoms. The molecule has 6 nitrogen and oxygen atoms in total. The molecule has 1 aliphatic heterocycles. The molecule has 0 aromatic heterocycles. The molecule has 3 N–H and O–H groups in total. The van der Waals surface area contributed by atoms with Crippen molar-refractivity contribution >= 4 is 11.6 Å². The second-order valence-corrected chi connectivity index (χ2v) is 5.87. The molecule has 1 aromatic carbocycles. The number of hydrogen-bond donors (Lipinski definition) is 2. The molecule has 1 heterocycles. The molecule has 0 atom stereocenters. The van der Waals surface area contributed by atoms with E-state index in [4.69, 9.17) is 20.5 Å². The molecule has 22 heavy (non-hydrogen) atoms. The Morgan fingerprint density at radius 1 is 1.32 bits per heavy atom. The van der Waals surface area contributed by atoms with Crippen molar-refractivity contribution in [2.24, 2.45) is 16.1 Å². The lowest BCUT2D eigenvalue weighted by Crippen LogP contribution is -2.24. The number of ether oxygens (including phenoxy) is 2. The number of rotatable bonds is 4. The molecule has 1 aliphatic carbocycles. The van der Waals surface area contributed by atoms with Gasteiger partial charge in [-0.1, -0.05) is 0 Å². The fourth-order valence-electron chi connectivity index (χ4n) is 2.42. The highest BCUT2D eigenvalue weighted by molar-refractivity contribution is 5.92. The van der Waals surface area contributed by atoms with Crippen molar-refractivity contribution in [1.29, 1.82) is 5.26 Å². The molecule has 2 aliphatic rings. The SMILES string of the molecule is N#CCC1(CN=C(N)Nc2ccc3c(c2)OCCCO3)CC1. The Balaban J connectivity index is 1.63. The molecule has 1 aromatic rings. The molecule has 116 valence electrons. The zero-order valence-corrected chi connectivity index (χ0v) is 12.5. The minimum absolute atomic E-state index is 0.0613. The van der Waals surface area contributed by atoms with Crippen molar-refractivity contribution < 1.29 is 9.47 Å². The number of nitrogens with one attached hydrogen (secondary N) is 1. The van der Waals surface area contributed by atoms with Crippen LogP contribution in [-0.4, -0.2) is 25.7 Å². The molecular weight excluding hydrogens is 280 g/mol. The topological polar surface area (TPSA) is 92.7 Å². The number of nitrogens with two attached hydrogens (primary N) is 1. The van der Waals surface area contributed by atoms with E-state index in [0.29, 0.717) is 32.1 Å². The zero-order chi connectivity index (χ0) is 15.4. The number of guanidine groups is 1. The molecule has 0 radical (unpaired) electrons. The van der Waals surface area contributed by atoms with E-state index in [1.54, 1.807) is 0 Å². The molecule has 1 fully saturated rings. The minimum atomic E-state index is 0.0613. The maximum absolute atomic E-state index is 8.81. The van der Waals surface area contributed by atoms with E-state index in [9.17, 15) is 0 Å². The second kappa shape index (κ2) is 6.14. The molecule has 1 saturated carbocycles. The van der Waals surface area contributed by atoms with Crippen molar-refractivity contribution in [3.63, 3.8) is 0 Å². The maximum atomic E-state index is 8.81. The predicted octanol–water partition coefficient (Wildman–Crippen LogP) is 2.27. The summed E-state index contributed by atoms with van der Waals surface area (Å²) in [6.45, 7) is 1.92. The Hall–Kier alpha value is -2.42. The van der Waals surface area contributed by atoms with Crippen molar-refractivity contribution in [3.8, 4) is 17.6 Å². The van der Waals surface area contributed by atoms with Crippen molar-refractivity contribution in [1.82, 2.24) is 0 Å². The molecule has 0 spiro atoms. The van der Waals surface area contributed by atoms with E-state index in [2.05, 4.69) is 16.4 Å². The molecule has 3 rings (SSSR count). The summed E-state index contributed by atoms with van der Waals surface area (Å²) in [5, 5.41) is 11.9. The second-order valence-electron chi connectivity index (χ2n) is 5.87. The van der Waals surface area contributed by atoms with Crippen LogP contribution in [0.1, 0.15) is 25.7 Å². The summed E-state index contributed by atoms with van der Waals surface area (Å²) in [4.78, 5) is 4.36. The van der Waals surface area contributed by atoms with Crippen LogP contribution < -0.4 is 20.5 Å². The third-order valence-electron chi connectivity index (χ3n) is 4.02. The molecule has 0 bridgehead atoms. The van der Waals surface area contributed by atoms with Crippen molar-refractivity contribution in [2.45, 2.75) is 25.7 Å². The smallest absolute Gasteiger partial charge is 0.193 e. The molecule has 0 amide bonds. The first-order valence-electron chi connectivity index (χ1n) is 7.54. The average molecular weight is 300 g/mol. The van der Waals surface area contributed by atoms with Gasteiger partial charge < -0.3 is 20.5 Å². The van der Waals surface area contributed by atoms with Crippen LogP contribution in [0.4, 0.5) is 5.69 Å². The van der Waals surface area contributed by atoms with E-state index in [1.165, 1.54) is 0 Å². The summed E-state index contributed by atoms with van der Waals surface area (Å²) in [6.07, 6.45) is 3.54. The lowest BCUT2D eigenvalue weighted by molar-refractivity contribution is 0.297. The van der Waals surface area contributed by atoms with Gasteiger partial charge in [-0.3, -0.25) is 4.99 Å². The molecule has 0 saturated heterocycles. The number of anilines is 1. The van der Waals surface area contributed by atoms with Gasteiger partial charge in [0.2, 0.25) is 0 Å². The van der Waals surface area contributed by atoms with Gasteiger partial charge in [-0.05, 0) is 25.0 Å². The van der Waals surface area contributed by atoms with Crippen LogP contribution in [-0.2, 0) is 0 Å². The van der Waals surface area contributed by atoms with E-state index < -0.39 is 0 Å². The highest BCUT2D eigenvalue weighted by Crippen LogP contribution is 2.48. The van der Waals surface area contributed by atoms with E-state index in [-0.39, 0.29) is 5.41 Å². The van der Waals surface area contributed by atoms with Crippen LogP contribution in [0.2, 0.25) is 0 Å². The van der Waals surface area contributed by atoms with Crippen LogP contribution in [0.3, 0.4) is 0 Å². The summed E-state index contributed by atoms with van der Waals surface area (Å²) in [6, 6.07) is 7.85. The number of fused-ring (bicyclic) bond motifs is 1. The Labute approximate surface area is 129 Å². The van der Waals surface area contributed by atoms with Gasteiger partial charge in [0.25, 0.3) is 0 Å². The summed E-state index contributed by atoms with van der Waals surface area (Å²) < 4.78 is 11.2. The van der Waals surface area contributed by atoms with Crippen LogP contribution in [0.25, 0.3) is 0 Å². The Morgan fingerprint density at radius 3 is 2.82 bits per heavy atom. The number of hydrogen-bond acceptors (Lipinski definition) is 4. The highest BCUT2D eigenvalue weighted by Gasteiger charge is 2.42. The fraction of sp³-hybridized carbons (Fsp3) is 0.500. The van der Waals surface area contributed by atoms with Crippen LogP contribution >= 0.6 is 0 Å². The number of aliphatic imine (C=N–C) groups is 1. The lowest BCUT2D eigenvalue weighted by atomic mass is 10.0. The maximum Gasteiger partial charge on any atom is 0.193 e. The average Bonchev–Trinajstić information content (AvgIpc) is 3.29. The van der Waals surface area contributed by atoms with Gasteiger partial charge in [-0.25, -0.2) is 0 Å². The molecular formula is C16H20N4O2. The number of nitriles is 1. The largest absolute Gasteiger partial charge is 0.490 e. The Morgan fingerprint density at radius 2 is 2.09 bits per heavy atom. The van der Waals surface area contributed by atoms with Gasteiger partial charge >= 0.3 is 0 Å². The standard InChI is InChI=1S/C16H20N4O2/c17-7-6-16(4-5-16)11-19-15(18)20-12-2-3-13-14(10-12)22-9-1-8-21-13/h2-3,10H,1,4-6,8-9,11H2,(H3,18,19,20). The first-order valence-corrected chi connectivity index (χ1v) is 7.54. The summed E-state index contributed by atoms with van der Waals surface area (Å²) in [5.74, 6) is 1.83. The first-order chi connectivity index (χ1) is 10.7. The summed E-state index contributed by atoms with van der Waals surface area (Å²) in [7, 11) is 0. The lowest BCUT2D eigenvalue weighted by Gasteiger charge is -2.12. The van der Waals surface area contributed by atoms with E-state index >= 15 is 0 Å². The van der Waals surface area contributed by atoms with Crippen LogP contribution in [0.5, 0.6) is 11.5 Å². The minimum Gasteiger partial charge on any atom is -0.490 e. The molecule has 0 unspecified atom stereocenters. The monoisotopic (exact) mass is 300 g/mol. The fourth-order valence-corrected chi connectivity index (χ4v) is 2.42. The summed E-state index contributed by atoms with van der Waals surface area (Å²) in [5.41, 5.74) is 6.80. The van der Waals surface area contributed by atoms with Crippen LogP contribution in [0, 0.1) is 16.7 Å². The third-order valence-corrected chi connectivity index (χ3v) is 4.02. The normalized spacial score (nSPS) is 19.0. The summed E-state index contributed by atoms with van der Waals surface area (Å²) >= 11 is 0. The Kier molecular flexibility index (Phi) is 4.05. The quantitative estimate of drug-likeness (QED) is 0.657. The highest BCUT2D eigenvalue weighted by atomic mass is 16.5. The van der Waals surface area contributed by atoms with Gasteiger partial charge in [0.15, 0.2) is 17.5 Å². The first kappa shape index (κ1) is 14.5. The van der Waals surface area contributed by atoms with Crippen LogP contribution in [0.15, 0.2) is 23.2 Å². The van der Waals surface area contributed by atoms with Gasteiger partial charge in [0.05, 0.1) is 19.3 Å². The third kappa shape index (κ3) is 3.42. The Bertz CT molecular complexity index is 617. The van der Waals surface area contributed by atoms with Gasteiger partial charge in [-0.15, -0.1) is 0 Å². The van der Waals surface area contributed by atoms with E-state index in [1.807, 2.05) is 18.2 Å². The van der Waals surface area contributed by atoms with Gasteiger partial charge in [-0.2, -0.15) is 5.26 Å². The number of benzene rings is 1.